The molecule has 0 saturated heterocycles. The summed E-state index contributed by atoms with van der Waals surface area (Å²) in [5, 5.41) is 0. The molecule has 4 N–H and O–H groups in total. The number of pyridine rings is 1. The van der Waals surface area contributed by atoms with Crippen LogP contribution in [-0.4, -0.2) is 45.0 Å². The Bertz CT molecular complexity index is 489. The van der Waals surface area contributed by atoms with Gasteiger partial charge in [-0.05, 0) is 33.2 Å². The third-order valence-corrected chi connectivity index (χ3v) is 3.81. The van der Waals surface area contributed by atoms with Crippen molar-refractivity contribution in [3.05, 3.63) is 18.3 Å². The maximum Gasteiger partial charge on any atom is 0.244 e. The molecule has 0 aliphatic rings. The first-order valence-corrected chi connectivity index (χ1v) is 6.94. The second-order valence-electron chi connectivity index (χ2n) is 4.28. The number of nitrogens with one attached hydrogen (secondary N) is 2. The summed E-state index contributed by atoms with van der Waals surface area (Å²) in [6.07, 6.45) is 1.47. The van der Waals surface area contributed by atoms with Crippen molar-refractivity contribution < 1.29 is 8.42 Å². The second kappa shape index (κ2) is 6.10. The van der Waals surface area contributed by atoms with Crippen molar-refractivity contribution in [3.63, 3.8) is 0 Å². The van der Waals surface area contributed by atoms with E-state index in [2.05, 4.69) is 15.1 Å². The molecule has 1 aromatic heterocycles. The van der Waals surface area contributed by atoms with Crippen LogP contribution in [0.4, 0.5) is 5.82 Å². The minimum absolute atomic E-state index is 0.0399. The van der Waals surface area contributed by atoms with Crippen molar-refractivity contribution in [1.29, 1.82) is 0 Å². The van der Waals surface area contributed by atoms with Crippen molar-refractivity contribution in [2.75, 3.05) is 26.1 Å². The molecule has 0 radical (unpaired) electrons. The van der Waals surface area contributed by atoms with Crippen molar-refractivity contribution in [1.82, 2.24) is 14.6 Å². The van der Waals surface area contributed by atoms with Gasteiger partial charge in [0.25, 0.3) is 0 Å². The van der Waals surface area contributed by atoms with E-state index in [1.807, 2.05) is 19.0 Å². The van der Waals surface area contributed by atoms with Crippen LogP contribution in [0.25, 0.3) is 0 Å². The Morgan fingerprint density at radius 2 is 2.17 bits per heavy atom. The van der Waals surface area contributed by atoms with Crippen LogP contribution in [-0.2, 0) is 10.0 Å². The lowest BCUT2D eigenvalue weighted by atomic mass is 10.3. The van der Waals surface area contributed by atoms with Gasteiger partial charge in [-0.25, -0.2) is 24.0 Å². The Labute approximate surface area is 107 Å². The van der Waals surface area contributed by atoms with Crippen molar-refractivity contribution in [2.45, 2.75) is 17.9 Å². The molecule has 1 unspecified atom stereocenters. The Balaban J connectivity index is 2.93. The summed E-state index contributed by atoms with van der Waals surface area (Å²) < 4.78 is 26.9. The normalized spacial score (nSPS) is 13.6. The molecule has 0 aromatic carbocycles. The first kappa shape index (κ1) is 14.8. The SMILES string of the molecule is CC(CN(C)C)NS(=O)(=O)c1cccnc1NN. The molecule has 0 saturated carbocycles. The van der Waals surface area contributed by atoms with Crippen LogP contribution >= 0.6 is 0 Å². The lowest BCUT2D eigenvalue weighted by molar-refractivity contribution is 0.370. The van der Waals surface area contributed by atoms with Crippen molar-refractivity contribution in [2.24, 2.45) is 5.84 Å². The first-order chi connectivity index (χ1) is 8.36. The molecule has 7 nitrogen and oxygen atoms in total. The van der Waals surface area contributed by atoms with Crippen LogP contribution in [0, 0.1) is 0 Å². The largest absolute Gasteiger partial charge is 0.308 e. The molecule has 18 heavy (non-hydrogen) atoms. The van der Waals surface area contributed by atoms with Crippen LogP contribution in [0.3, 0.4) is 0 Å². The number of nitrogens with two attached hydrogens (primary N) is 1. The molecule has 0 spiro atoms. The molecular weight excluding hydrogens is 254 g/mol. The predicted molar refractivity (Wildman–Crippen MR) is 70.4 cm³/mol. The molecule has 0 fully saturated rings. The van der Waals surface area contributed by atoms with E-state index in [0.717, 1.165) is 0 Å². The van der Waals surface area contributed by atoms with Gasteiger partial charge >= 0.3 is 0 Å². The first-order valence-electron chi connectivity index (χ1n) is 5.45. The standard InChI is InChI=1S/C10H19N5O2S/c1-8(7-15(2)3)14-18(16,17)9-5-4-6-12-10(9)13-11/h4-6,8,14H,7,11H2,1-3H3,(H,12,13). The molecule has 0 bridgehead atoms. The second-order valence-corrected chi connectivity index (χ2v) is 5.96. The third kappa shape index (κ3) is 3.91. The number of nitrogens with zero attached hydrogens (tertiary/aromatic N) is 2. The van der Waals surface area contributed by atoms with Crippen LogP contribution < -0.4 is 16.0 Å². The number of hydrazine groups is 1. The number of nitrogen functional groups attached to an aromatic ring is 1. The zero-order valence-corrected chi connectivity index (χ0v) is 11.5. The quantitative estimate of drug-likeness (QED) is 0.481. The summed E-state index contributed by atoms with van der Waals surface area (Å²) in [6, 6.07) is 2.79. The van der Waals surface area contributed by atoms with E-state index in [-0.39, 0.29) is 16.8 Å². The smallest absolute Gasteiger partial charge is 0.244 e. The third-order valence-electron chi connectivity index (χ3n) is 2.19. The monoisotopic (exact) mass is 273 g/mol. The molecule has 1 rings (SSSR count). The van der Waals surface area contributed by atoms with E-state index in [4.69, 9.17) is 5.84 Å². The summed E-state index contributed by atoms with van der Waals surface area (Å²) in [5.74, 6) is 5.37. The van der Waals surface area contributed by atoms with Gasteiger partial charge in [0, 0.05) is 18.8 Å². The van der Waals surface area contributed by atoms with Crippen molar-refractivity contribution in [3.8, 4) is 0 Å². The van der Waals surface area contributed by atoms with Crippen LogP contribution in [0.2, 0.25) is 0 Å². The minimum atomic E-state index is -3.63. The molecule has 0 aliphatic carbocycles. The van der Waals surface area contributed by atoms with Gasteiger partial charge in [0.15, 0.2) is 5.82 Å². The fourth-order valence-corrected chi connectivity index (χ4v) is 2.98. The number of hydrogen-bond acceptors (Lipinski definition) is 6. The number of aromatic nitrogens is 1. The number of sulfonamides is 1. The molecule has 8 heteroatoms. The maximum atomic E-state index is 12.1. The zero-order valence-electron chi connectivity index (χ0n) is 10.7. The van der Waals surface area contributed by atoms with Crippen molar-refractivity contribution >= 4 is 15.8 Å². The van der Waals surface area contributed by atoms with E-state index < -0.39 is 10.0 Å². The number of likely N-dealkylation sites (N-methyl/N-ethyl adjacent to an activating group) is 1. The average Bonchev–Trinajstić information content (AvgIpc) is 2.27. The van der Waals surface area contributed by atoms with Gasteiger partial charge in [-0.15, -0.1) is 0 Å². The van der Waals surface area contributed by atoms with Gasteiger partial charge in [0.2, 0.25) is 10.0 Å². The summed E-state index contributed by atoms with van der Waals surface area (Å²) >= 11 is 0. The van der Waals surface area contributed by atoms with Crippen LogP contribution in [0.5, 0.6) is 0 Å². The highest BCUT2D eigenvalue weighted by atomic mass is 32.2. The fourth-order valence-electron chi connectivity index (χ4n) is 1.63. The summed E-state index contributed by atoms with van der Waals surface area (Å²) in [5.41, 5.74) is 2.28. The summed E-state index contributed by atoms with van der Waals surface area (Å²) in [4.78, 5) is 5.81. The van der Waals surface area contributed by atoms with E-state index in [0.29, 0.717) is 6.54 Å². The Morgan fingerprint density at radius 1 is 1.50 bits per heavy atom. The maximum absolute atomic E-state index is 12.1. The lowest BCUT2D eigenvalue weighted by Crippen LogP contribution is -2.39. The van der Waals surface area contributed by atoms with Gasteiger partial charge in [-0.1, -0.05) is 0 Å². The minimum Gasteiger partial charge on any atom is -0.308 e. The molecule has 102 valence electrons. The zero-order chi connectivity index (χ0) is 13.8. The average molecular weight is 273 g/mol. The number of anilines is 1. The fraction of sp³-hybridized carbons (Fsp3) is 0.500. The lowest BCUT2D eigenvalue weighted by Gasteiger charge is -2.18. The van der Waals surface area contributed by atoms with E-state index in [9.17, 15) is 8.42 Å². The Hall–Kier alpha value is -1.22. The van der Waals surface area contributed by atoms with E-state index >= 15 is 0 Å². The van der Waals surface area contributed by atoms with Crippen LogP contribution in [0.15, 0.2) is 23.2 Å². The molecule has 1 heterocycles. The van der Waals surface area contributed by atoms with E-state index in [1.54, 1.807) is 13.0 Å². The van der Waals surface area contributed by atoms with E-state index in [1.165, 1.54) is 12.3 Å². The molecule has 0 aliphatic heterocycles. The predicted octanol–water partition coefficient (Wildman–Crippen LogP) is -0.404. The highest BCUT2D eigenvalue weighted by Gasteiger charge is 2.21. The Morgan fingerprint density at radius 3 is 2.72 bits per heavy atom. The van der Waals surface area contributed by atoms with Crippen LogP contribution in [0.1, 0.15) is 6.92 Å². The van der Waals surface area contributed by atoms with Gasteiger partial charge < -0.3 is 10.3 Å². The highest BCUT2D eigenvalue weighted by molar-refractivity contribution is 7.89. The summed E-state index contributed by atoms with van der Waals surface area (Å²) in [7, 11) is 0.124. The van der Waals surface area contributed by atoms with Gasteiger partial charge in [-0.3, -0.25) is 0 Å². The van der Waals surface area contributed by atoms with Gasteiger partial charge in [0.1, 0.15) is 4.90 Å². The number of rotatable bonds is 6. The number of hydrogen-bond donors (Lipinski definition) is 3. The molecule has 1 aromatic rings. The molecular formula is C10H19N5O2S. The van der Waals surface area contributed by atoms with Gasteiger partial charge in [-0.2, -0.15) is 0 Å². The topological polar surface area (TPSA) is 100 Å². The summed E-state index contributed by atoms with van der Waals surface area (Å²) in [6.45, 7) is 2.40. The molecule has 1 atom stereocenters. The van der Waals surface area contributed by atoms with Gasteiger partial charge in [0.05, 0.1) is 0 Å². The Kier molecular flexibility index (Phi) is 5.03. The molecule has 0 amide bonds. The highest BCUT2D eigenvalue weighted by Crippen LogP contribution is 2.16.